The maximum absolute atomic E-state index is 12.4. The summed E-state index contributed by atoms with van der Waals surface area (Å²) < 4.78 is 0. The van der Waals surface area contributed by atoms with Gasteiger partial charge < -0.3 is 0 Å². The van der Waals surface area contributed by atoms with E-state index in [2.05, 4.69) is 19.2 Å². The third kappa shape index (κ3) is 2.26. The molecule has 1 aromatic carbocycles. The summed E-state index contributed by atoms with van der Waals surface area (Å²) in [6, 6.07) is 5.26. The van der Waals surface area contributed by atoms with E-state index in [0.29, 0.717) is 18.0 Å². The number of hydrazine groups is 1. The van der Waals surface area contributed by atoms with Gasteiger partial charge >= 0.3 is 6.03 Å². The molecule has 2 aliphatic heterocycles. The molecule has 4 amide bonds. The number of hydrogen-bond acceptors (Lipinski definition) is 3. The van der Waals surface area contributed by atoms with Crippen molar-refractivity contribution in [1.82, 2.24) is 15.3 Å². The summed E-state index contributed by atoms with van der Waals surface area (Å²) in [6.45, 7) is 4.80. The molecule has 2 heterocycles. The molecule has 110 valence electrons. The molecule has 0 aliphatic carbocycles. The second-order valence-corrected chi connectivity index (χ2v) is 5.66. The molecule has 0 saturated carbocycles. The van der Waals surface area contributed by atoms with Crippen LogP contribution in [0.4, 0.5) is 4.79 Å². The van der Waals surface area contributed by atoms with Crippen molar-refractivity contribution >= 4 is 17.8 Å². The minimum Gasteiger partial charge on any atom is -0.276 e. The standard InChI is InChI=1S/C15H17N3O3/c1-9(2)10-3-4-12-11(7-10)8-18(14(12)20)17-6-5-13(19)16-15(17)21/h3-4,7,9H,5-6,8H2,1-2H3,(H,16,19,21). The average Bonchev–Trinajstić information content (AvgIpc) is 2.75. The van der Waals surface area contributed by atoms with Gasteiger partial charge in [0.1, 0.15) is 0 Å². The normalized spacial score (nSPS) is 18.3. The van der Waals surface area contributed by atoms with Crippen molar-refractivity contribution in [3.63, 3.8) is 0 Å². The van der Waals surface area contributed by atoms with E-state index in [1.54, 1.807) is 0 Å². The predicted molar refractivity (Wildman–Crippen MR) is 75.3 cm³/mol. The first kappa shape index (κ1) is 13.6. The van der Waals surface area contributed by atoms with Gasteiger partial charge in [-0.15, -0.1) is 0 Å². The first-order chi connectivity index (χ1) is 9.97. The summed E-state index contributed by atoms with van der Waals surface area (Å²) >= 11 is 0. The van der Waals surface area contributed by atoms with E-state index in [1.807, 2.05) is 18.2 Å². The number of carbonyl (C=O) groups is 3. The quantitative estimate of drug-likeness (QED) is 0.898. The molecule has 0 aromatic heterocycles. The fourth-order valence-electron chi connectivity index (χ4n) is 2.67. The van der Waals surface area contributed by atoms with Crippen molar-refractivity contribution in [3.8, 4) is 0 Å². The van der Waals surface area contributed by atoms with Gasteiger partial charge in [0.2, 0.25) is 5.91 Å². The Hall–Kier alpha value is -2.37. The first-order valence-electron chi connectivity index (χ1n) is 7.03. The van der Waals surface area contributed by atoms with Gasteiger partial charge in [-0.05, 0) is 23.1 Å². The number of hydrogen-bond donors (Lipinski definition) is 1. The zero-order valence-corrected chi connectivity index (χ0v) is 12.0. The third-order valence-corrected chi connectivity index (χ3v) is 3.90. The zero-order chi connectivity index (χ0) is 15.1. The van der Waals surface area contributed by atoms with Crippen molar-refractivity contribution in [2.45, 2.75) is 32.7 Å². The summed E-state index contributed by atoms with van der Waals surface area (Å²) in [6.07, 6.45) is 0.211. The van der Waals surface area contributed by atoms with Gasteiger partial charge in [0, 0.05) is 12.0 Å². The summed E-state index contributed by atoms with van der Waals surface area (Å²) in [5.74, 6) is -0.109. The fourth-order valence-corrected chi connectivity index (χ4v) is 2.67. The van der Waals surface area contributed by atoms with Crippen LogP contribution < -0.4 is 5.32 Å². The van der Waals surface area contributed by atoms with Gasteiger partial charge in [0.25, 0.3) is 5.91 Å². The van der Waals surface area contributed by atoms with Gasteiger partial charge in [-0.25, -0.2) is 14.8 Å². The summed E-state index contributed by atoms with van der Waals surface area (Å²) in [5.41, 5.74) is 2.72. The number of nitrogens with one attached hydrogen (secondary N) is 1. The number of carbonyl (C=O) groups excluding carboxylic acids is 3. The monoisotopic (exact) mass is 287 g/mol. The maximum Gasteiger partial charge on any atom is 0.342 e. The Labute approximate surface area is 122 Å². The van der Waals surface area contributed by atoms with Crippen molar-refractivity contribution in [2.24, 2.45) is 0 Å². The molecule has 3 rings (SSSR count). The van der Waals surface area contributed by atoms with Crippen LogP contribution in [-0.4, -0.2) is 34.4 Å². The Morgan fingerprint density at radius 2 is 1.90 bits per heavy atom. The highest BCUT2D eigenvalue weighted by Gasteiger charge is 2.36. The van der Waals surface area contributed by atoms with Gasteiger partial charge in [0.05, 0.1) is 13.1 Å². The van der Waals surface area contributed by atoms with Crippen LogP contribution in [0, 0.1) is 0 Å². The molecule has 1 N–H and O–H groups in total. The number of fused-ring (bicyclic) bond motifs is 1. The molecule has 0 unspecified atom stereocenters. The Morgan fingerprint density at radius 3 is 2.57 bits per heavy atom. The highest BCUT2D eigenvalue weighted by molar-refractivity contribution is 6.01. The second-order valence-electron chi connectivity index (χ2n) is 5.66. The Bertz CT molecular complexity index is 639. The summed E-state index contributed by atoms with van der Waals surface area (Å²) in [7, 11) is 0. The van der Waals surface area contributed by atoms with Gasteiger partial charge in [-0.3, -0.25) is 14.9 Å². The van der Waals surface area contributed by atoms with E-state index in [0.717, 1.165) is 5.56 Å². The van der Waals surface area contributed by atoms with E-state index in [4.69, 9.17) is 0 Å². The predicted octanol–water partition coefficient (Wildman–Crippen LogP) is 1.62. The van der Waals surface area contributed by atoms with Crippen LogP contribution in [0.1, 0.15) is 47.7 Å². The number of rotatable bonds is 2. The number of benzene rings is 1. The van der Waals surface area contributed by atoms with E-state index >= 15 is 0 Å². The smallest absolute Gasteiger partial charge is 0.276 e. The Morgan fingerprint density at radius 1 is 1.14 bits per heavy atom. The molecule has 1 saturated heterocycles. The molecule has 6 heteroatoms. The highest BCUT2D eigenvalue weighted by Crippen LogP contribution is 2.28. The van der Waals surface area contributed by atoms with Crippen LogP contribution in [0.25, 0.3) is 0 Å². The van der Waals surface area contributed by atoms with Crippen molar-refractivity contribution in [1.29, 1.82) is 0 Å². The van der Waals surface area contributed by atoms with E-state index in [1.165, 1.54) is 15.6 Å². The van der Waals surface area contributed by atoms with Crippen LogP contribution >= 0.6 is 0 Å². The lowest BCUT2D eigenvalue weighted by molar-refractivity contribution is -0.123. The molecule has 0 spiro atoms. The number of nitrogens with zero attached hydrogens (tertiary/aromatic N) is 2. The minimum atomic E-state index is -0.531. The minimum absolute atomic E-state index is 0.190. The lowest BCUT2D eigenvalue weighted by Crippen LogP contribution is -2.56. The Kier molecular flexibility index (Phi) is 3.16. The van der Waals surface area contributed by atoms with Gasteiger partial charge in [-0.2, -0.15) is 0 Å². The lowest BCUT2D eigenvalue weighted by Gasteiger charge is -2.33. The van der Waals surface area contributed by atoms with Crippen LogP contribution in [0.2, 0.25) is 0 Å². The molecule has 6 nitrogen and oxygen atoms in total. The van der Waals surface area contributed by atoms with Crippen LogP contribution in [0.5, 0.6) is 0 Å². The van der Waals surface area contributed by atoms with Crippen LogP contribution in [0.3, 0.4) is 0 Å². The molecule has 1 fully saturated rings. The molecule has 21 heavy (non-hydrogen) atoms. The molecule has 0 bridgehead atoms. The number of imide groups is 1. The van der Waals surface area contributed by atoms with Crippen molar-refractivity contribution in [3.05, 3.63) is 34.9 Å². The topological polar surface area (TPSA) is 69.7 Å². The molecule has 0 radical (unpaired) electrons. The van der Waals surface area contributed by atoms with Crippen molar-refractivity contribution < 1.29 is 14.4 Å². The number of urea groups is 1. The van der Waals surface area contributed by atoms with Crippen molar-refractivity contribution in [2.75, 3.05) is 6.54 Å². The van der Waals surface area contributed by atoms with E-state index < -0.39 is 6.03 Å². The lowest BCUT2D eigenvalue weighted by atomic mass is 9.98. The SMILES string of the molecule is CC(C)c1ccc2c(c1)CN(N1CCC(=O)NC1=O)C2=O. The van der Waals surface area contributed by atoms with E-state index in [-0.39, 0.29) is 24.8 Å². The fraction of sp³-hybridized carbons (Fsp3) is 0.400. The molecule has 1 aromatic rings. The Balaban J connectivity index is 1.86. The largest absolute Gasteiger partial charge is 0.342 e. The zero-order valence-electron chi connectivity index (χ0n) is 12.0. The van der Waals surface area contributed by atoms with Crippen LogP contribution in [-0.2, 0) is 11.3 Å². The highest BCUT2D eigenvalue weighted by atomic mass is 16.2. The van der Waals surface area contributed by atoms with Crippen LogP contribution in [0.15, 0.2) is 18.2 Å². The van der Waals surface area contributed by atoms with E-state index in [9.17, 15) is 14.4 Å². The second kappa shape index (κ2) is 4.87. The molecule has 2 aliphatic rings. The van der Waals surface area contributed by atoms with Gasteiger partial charge in [0.15, 0.2) is 0 Å². The average molecular weight is 287 g/mol. The summed E-state index contributed by atoms with van der Waals surface area (Å²) in [5, 5.41) is 4.97. The molecule has 0 atom stereocenters. The molecular formula is C15H17N3O3. The number of amides is 4. The summed E-state index contributed by atoms with van der Waals surface area (Å²) in [4.78, 5) is 35.5. The third-order valence-electron chi connectivity index (χ3n) is 3.90. The first-order valence-corrected chi connectivity index (χ1v) is 7.03. The molecular weight excluding hydrogens is 270 g/mol. The van der Waals surface area contributed by atoms with Gasteiger partial charge in [-0.1, -0.05) is 26.0 Å². The maximum atomic E-state index is 12.4.